The molecule has 0 atom stereocenters. The van der Waals surface area contributed by atoms with E-state index in [4.69, 9.17) is 9.84 Å². The summed E-state index contributed by atoms with van der Waals surface area (Å²) < 4.78 is 32.2. The van der Waals surface area contributed by atoms with Gasteiger partial charge in [-0.15, -0.1) is 0 Å². The van der Waals surface area contributed by atoms with Crippen LogP contribution < -0.4 is 0 Å². The SMILES string of the molecule is O=C(O)CCCS(=O)(=O)N1CCOC2(CCCCCC2)C1. The molecule has 0 amide bonds. The minimum atomic E-state index is -3.38. The van der Waals surface area contributed by atoms with Gasteiger partial charge in [0.1, 0.15) is 0 Å². The summed E-state index contributed by atoms with van der Waals surface area (Å²) in [6.07, 6.45) is 6.48. The van der Waals surface area contributed by atoms with E-state index in [1.165, 1.54) is 17.1 Å². The summed E-state index contributed by atoms with van der Waals surface area (Å²) in [5.74, 6) is -1.04. The van der Waals surface area contributed by atoms with E-state index in [2.05, 4.69) is 0 Å². The maximum absolute atomic E-state index is 12.4. The van der Waals surface area contributed by atoms with Crippen LogP contribution in [-0.4, -0.2) is 54.8 Å². The predicted octanol–water partition coefficient (Wildman–Crippen LogP) is 1.61. The second-order valence-electron chi connectivity index (χ2n) is 6.09. The highest BCUT2D eigenvalue weighted by atomic mass is 32.2. The van der Waals surface area contributed by atoms with Gasteiger partial charge in [-0.1, -0.05) is 25.7 Å². The van der Waals surface area contributed by atoms with Crippen molar-refractivity contribution in [3.05, 3.63) is 0 Å². The summed E-state index contributed by atoms with van der Waals surface area (Å²) in [6.45, 7) is 1.26. The van der Waals surface area contributed by atoms with Gasteiger partial charge < -0.3 is 9.84 Å². The molecule has 21 heavy (non-hydrogen) atoms. The molecule has 6 nitrogen and oxygen atoms in total. The average Bonchev–Trinajstić information content (AvgIpc) is 2.64. The molecule has 0 radical (unpaired) electrons. The number of morpholine rings is 1. The average molecular weight is 319 g/mol. The summed E-state index contributed by atoms with van der Waals surface area (Å²) in [5.41, 5.74) is -0.311. The number of carbonyl (C=O) groups is 1. The molecule has 0 aromatic carbocycles. The van der Waals surface area contributed by atoms with Gasteiger partial charge >= 0.3 is 5.97 Å². The standard InChI is InChI=1S/C14H25NO5S/c16-13(17)6-5-11-21(18,19)15-9-10-20-14(12-15)7-3-1-2-4-8-14/h1-12H2,(H,16,17). The van der Waals surface area contributed by atoms with Gasteiger partial charge in [-0.25, -0.2) is 8.42 Å². The van der Waals surface area contributed by atoms with Crippen molar-refractivity contribution in [3.8, 4) is 0 Å². The van der Waals surface area contributed by atoms with Crippen LogP contribution in [0.1, 0.15) is 51.4 Å². The van der Waals surface area contributed by atoms with Crippen LogP contribution in [0.25, 0.3) is 0 Å². The molecule has 0 bridgehead atoms. The number of ether oxygens (including phenoxy) is 1. The first-order chi connectivity index (χ1) is 9.94. The Balaban J connectivity index is 1.97. The van der Waals surface area contributed by atoms with E-state index in [9.17, 15) is 13.2 Å². The van der Waals surface area contributed by atoms with Crippen LogP contribution in [0.15, 0.2) is 0 Å². The number of sulfonamides is 1. The maximum Gasteiger partial charge on any atom is 0.303 e. The van der Waals surface area contributed by atoms with Crippen molar-refractivity contribution < 1.29 is 23.1 Å². The quantitative estimate of drug-likeness (QED) is 0.832. The Morgan fingerprint density at radius 3 is 2.48 bits per heavy atom. The topological polar surface area (TPSA) is 83.9 Å². The van der Waals surface area contributed by atoms with Gasteiger partial charge in [0.25, 0.3) is 0 Å². The fourth-order valence-electron chi connectivity index (χ4n) is 3.26. The number of carboxylic acid groups (broad SMARTS) is 1. The number of hydrogen-bond donors (Lipinski definition) is 1. The molecule has 1 aliphatic heterocycles. The molecule has 1 heterocycles. The van der Waals surface area contributed by atoms with Gasteiger partial charge in [0.05, 0.1) is 18.0 Å². The minimum Gasteiger partial charge on any atom is -0.481 e. The molecule has 122 valence electrons. The Hall–Kier alpha value is -0.660. The summed E-state index contributed by atoms with van der Waals surface area (Å²) in [7, 11) is -3.38. The molecule has 2 aliphatic rings. The normalized spacial score (nSPS) is 23.8. The van der Waals surface area contributed by atoms with Crippen LogP contribution in [-0.2, 0) is 19.6 Å². The van der Waals surface area contributed by atoms with E-state index in [1.807, 2.05) is 0 Å². The largest absolute Gasteiger partial charge is 0.481 e. The van der Waals surface area contributed by atoms with Crippen molar-refractivity contribution in [1.29, 1.82) is 0 Å². The molecular formula is C14H25NO5S. The minimum absolute atomic E-state index is 0.0879. The van der Waals surface area contributed by atoms with Crippen molar-refractivity contribution in [3.63, 3.8) is 0 Å². The van der Waals surface area contributed by atoms with E-state index >= 15 is 0 Å². The van der Waals surface area contributed by atoms with E-state index in [0.717, 1.165) is 25.7 Å². The van der Waals surface area contributed by atoms with Gasteiger partial charge in [-0.3, -0.25) is 4.79 Å². The first-order valence-corrected chi connectivity index (χ1v) is 9.38. The number of aliphatic carboxylic acids is 1. The van der Waals surface area contributed by atoms with Crippen LogP contribution in [0.4, 0.5) is 0 Å². The van der Waals surface area contributed by atoms with Crippen molar-refractivity contribution in [2.45, 2.75) is 57.0 Å². The number of nitrogens with zero attached hydrogens (tertiary/aromatic N) is 1. The smallest absolute Gasteiger partial charge is 0.303 e. The Morgan fingerprint density at radius 2 is 1.86 bits per heavy atom. The lowest BCUT2D eigenvalue weighted by Gasteiger charge is -2.42. The van der Waals surface area contributed by atoms with E-state index in [1.54, 1.807) is 0 Å². The highest BCUT2D eigenvalue weighted by Crippen LogP contribution is 2.34. The van der Waals surface area contributed by atoms with Crippen molar-refractivity contribution in [2.75, 3.05) is 25.4 Å². The zero-order chi connectivity index (χ0) is 15.3. The third-order valence-corrected chi connectivity index (χ3v) is 6.32. The number of carboxylic acids is 1. The van der Waals surface area contributed by atoms with Crippen LogP contribution in [0.3, 0.4) is 0 Å². The van der Waals surface area contributed by atoms with Crippen molar-refractivity contribution in [1.82, 2.24) is 4.31 Å². The lowest BCUT2D eigenvalue weighted by molar-refractivity contribution is -0.137. The third-order valence-electron chi connectivity index (χ3n) is 4.41. The zero-order valence-electron chi connectivity index (χ0n) is 12.4. The predicted molar refractivity (Wildman–Crippen MR) is 78.6 cm³/mol. The Kier molecular flexibility index (Phi) is 5.62. The van der Waals surface area contributed by atoms with Gasteiger partial charge in [-0.2, -0.15) is 4.31 Å². The molecule has 0 aromatic heterocycles. The lowest BCUT2D eigenvalue weighted by Crippen LogP contribution is -2.53. The number of hydrogen-bond acceptors (Lipinski definition) is 4. The maximum atomic E-state index is 12.4. The summed E-state index contributed by atoms with van der Waals surface area (Å²) in [5, 5.41) is 8.62. The molecular weight excluding hydrogens is 294 g/mol. The molecule has 0 unspecified atom stereocenters. The monoisotopic (exact) mass is 319 g/mol. The molecule has 1 N–H and O–H groups in total. The Morgan fingerprint density at radius 1 is 1.19 bits per heavy atom. The van der Waals surface area contributed by atoms with E-state index < -0.39 is 16.0 Å². The Bertz CT molecular complexity index is 454. The zero-order valence-corrected chi connectivity index (χ0v) is 13.2. The van der Waals surface area contributed by atoms with Gasteiger partial charge in [0.2, 0.25) is 10.0 Å². The Labute approximate surface area is 126 Å². The second kappa shape index (κ2) is 7.07. The van der Waals surface area contributed by atoms with Crippen molar-refractivity contribution >= 4 is 16.0 Å². The second-order valence-corrected chi connectivity index (χ2v) is 8.18. The van der Waals surface area contributed by atoms with Gasteiger partial charge in [-0.05, 0) is 19.3 Å². The molecule has 1 saturated carbocycles. The highest BCUT2D eigenvalue weighted by molar-refractivity contribution is 7.89. The molecule has 7 heteroatoms. The summed E-state index contributed by atoms with van der Waals surface area (Å²) >= 11 is 0. The fraction of sp³-hybridized carbons (Fsp3) is 0.929. The third kappa shape index (κ3) is 4.66. The molecule has 1 saturated heterocycles. The van der Waals surface area contributed by atoms with Crippen LogP contribution in [0.5, 0.6) is 0 Å². The summed E-state index contributed by atoms with van der Waals surface area (Å²) in [6, 6.07) is 0. The molecule has 0 aromatic rings. The van der Waals surface area contributed by atoms with Gasteiger partial charge in [0, 0.05) is 19.5 Å². The summed E-state index contributed by atoms with van der Waals surface area (Å²) in [4.78, 5) is 10.5. The first kappa shape index (κ1) is 16.7. The van der Waals surface area contributed by atoms with Crippen LogP contribution in [0.2, 0.25) is 0 Å². The van der Waals surface area contributed by atoms with Crippen molar-refractivity contribution in [2.24, 2.45) is 0 Å². The molecule has 2 fully saturated rings. The highest BCUT2D eigenvalue weighted by Gasteiger charge is 2.40. The molecule has 1 aliphatic carbocycles. The lowest BCUT2D eigenvalue weighted by atomic mass is 9.93. The van der Waals surface area contributed by atoms with Crippen LogP contribution in [0, 0.1) is 0 Å². The fourth-order valence-corrected chi connectivity index (χ4v) is 4.81. The number of rotatable bonds is 5. The van der Waals surface area contributed by atoms with Crippen LogP contribution >= 0.6 is 0 Å². The first-order valence-electron chi connectivity index (χ1n) is 7.77. The van der Waals surface area contributed by atoms with E-state index in [0.29, 0.717) is 19.7 Å². The van der Waals surface area contributed by atoms with E-state index in [-0.39, 0.29) is 24.2 Å². The molecule has 2 rings (SSSR count). The van der Waals surface area contributed by atoms with Gasteiger partial charge in [0.15, 0.2) is 0 Å². The molecule has 1 spiro atoms.